The van der Waals surface area contributed by atoms with E-state index >= 15 is 0 Å². The number of hydrogen-bond acceptors (Lipinski definition) is 2. The minimum Gasteiger partial charge on any atom is -0.388 e. The molecule has 0 aliphatic heterocycles. The molecule has 1 fully saturated rings. The number of hydrogen-bond donors (Lipinski definition) is 1. The monoisotopic (exact) mass is 274 g/mol. The normalized spacial score (nSPS) is 18.5. The maximum atomic E-state index is 9.92. The Morgan fingerprint density at radius 1 is 1.64 bits per heavy atom. The van der Waals surface area contributed by atoms with Gasteiger partial charge in [0.1, 0.15) is 0 Å². The number of halogens is 1. The number of rotatable bonds is 4. The standard InChI is InChI=1S/C11H15BrOS/c1-7-6-10(14-11(7)12)9(13)5-4-8-2-3-8/h6,8-9,13H,2-5H2,1H3. The van der Waals surface area contributed by atoms with Gasteiger partial charge in [0.25, 0.3) is 0 Å². The summed E-state index contributed by atoms with van der Waals surface area (Å²) < 4.78 is 1.15. The van der Waals surface area contributed by atoms with Gasteiger partial charge in [-0.3, -0.25) is 0 Å². The summed E-state index contributed by atoms with van der Waals surface area (Å²) in [6.07, 6.45) is 4.62. The zero-order valence-corrected chi connectivity index (χ0v) is 10.7. The summed E-state index contributed by atoms with van der Waals surface area (Å²) in [7, 11) is 0. The quantitative estimate of drug-likeness (QED) is 0.879. The van der Waals surface area contributed by atoms with Crippen LogP contribution in [0.2, 0.25) is 0 Å². The minimum atomic E-state index is -0.245. The first-order valence-electron chi connectivity index (χ1n) is 5.10. The molecule has 3 heteroatoms. The molecular formula is C11H15BrOS. The van der Waals surface area contributed by atoms with Gasteiger partial charge in [0.15, 0.2) is 0 Å². The highest BCUT2D eigenvalue weighted by Crippen LogP contribution is 2.38. The smallest absolute Gasteiger partial charge is 0.0882 e. The van der Waals surface area contributed by atoms with Crippen LogP contribution in [0.1, 0.15) is 42.2 Å². The van der Waals surface area contributed by atoms with Gasteiger partial charge in [-0.05, 0) is 53.2 Å². The first-order chi connectivity index (χ1) is 6.66. The Kier molecular flexibility index (Phi) is 3.30. The summed E-state index contributed by atoms with van der Waals surface area (Å²) in [4.78, 5) is 1.11. The van der Waals surface area contributed by atoms with E-state index < -0.39 is 0 Å². The Bertz CT molecular complexity index is 298. The maximum Gasteiger partial charge on any atom is 0.0882 e. The number of aryl methyl sites for hydroxylation is 1. The molecule has 1 unspecified atom stereocenters. The number of aliphatic hydroxyl groups is 1. The average molecular weight is 275 g/mol. The molecule has 2 rings (SSSR count). The molecule has 1 aliphatic rings. The van der Waals surface area contributed by atoms with Crippen LogP contribution in [0, 0.1) is 12.8 Å². The van der Waals surface area contributed by atoms with Crippen molar-refractivity contribution < 1.29 is 5.11 Å². The molecule has 1 atom stereocenters. The number of aliphatic hydroxyl groups excluding tert-OH is 1. The average Bonchev–Trinajstić information content (AvgIpc) is 2.91. The molecule has 0 saturated heterocycles. The summed E-state index contributed by atoms with van der Waals surface area (Å²) >= 11 is 5.15. The van der Waals surface area contributed by atoms with E-state index in [2.05, 4.69) is 28.9 Å². The van der Waals surface area contributed by atoms with Gasteiger partial charge >= 0.3 is 0 Å². The van der Waals surface area contributed by atoms with E-state index in [-0.39, 0.29) is 6.10 Å². The van der Waals surface area contributed by atoms with Crippen LogP contribution in [0.3, 0.4) is 0 Å². The van der Waals surface area contributed by atoms with Gasteiger partial charge in [0, 0.05) is 4.88 Å². The molecule has 1 heterocycles. The molecule has 0 amide bonds. The topological polar surface area (TPSA) is 20.2 Å². The summed E-state index contributed by atoms with van der Waals surface area (Å²) in [6, 6.07) is 2.09. The third-order valence-corrected chi connectivity index (χ3v) is 4.99. The van der Waals surface area contributed by atoms with Crippen LogP contribution in [-0.2, 0) is 0 Å². The van der Waals surface area contributed by atoms with Crippen molar-refractivity contribution in [3.8, 4) is 0 Å². The Balaban J connectivity index is 1.91. The van der Waals surface area contributed by atoms with Gasteiger partial charge < -0.3 is 5.11 Å². The lowest BCUT2D eigenvalue weighted by atomic mass is 10.1. The van der Waals surface area contributed by atoms with Crippen molar-refractivity contribution in [2.75, 3.05) is 0 Å². The van der Waals surface area contributed by atoms with Gasteiger partial charge in [-0.1, -0.05) is 12.8 Å². The van der Waals surface area contributed by atoms with Crippen molar-refractivity contribution in [3.05, 3.63) is 20.3 Å². The van der Waals surface area contributed by atoms with Crippen molar-refractivity contribution in [1.82, 2.24) is 0 Å². The minimum absolute atomic E-state index is 0.245. The SMILES string of the molecule is Cc1cc(C(O)CCC2CC2)sc1Br. The summed E-state index contributed by atoms with van der Waals surface area (Å²) in [5.41, 5.74) is 1.23. The van der Waals surface area contributed by atoms with Crippen LogP contribution in [0.4, 0.5) is 0 Å². The Morgan fingerprint density at radius 2 is 2.36 bits per heavy atom. The van der Waals surface area contributed by atoms with Gasteiger partial charge in [-0.2, -0.15) is 0 Å². The second-order valence-electron chi connectivity index (χ2n) is 4.14. The van der Waals surface area contributed by atoms with Crippen molar-refractivity contribution in [1.29, 1.82) is 0 Å². The third-order valence-electron chi connectivity index (χ3n) is 2.75. The lowest BCUT2D eigenvalue weighted by molar-refractivity contribution is 0.166. The first-order valence-corrected chi connectivity index (χ1v) is 6.71. The van der Waals surface area contributed by atoms with E-state index in [9.17, 15) is 5.11 Å². The van der Waals surface area contributed by atoms with Crippen LogP contribution in [-0.4, -0.2) is 5.11 Å². The van der Waals surface area contributed by atoms with Crippen LogP contribution in [0.25, 0.3) is 0 Å². The zero-order valence-electron chi connectivity index (χ0n) is 8.29. The van der Waals surface area contributed by atoms with Gasteiger partial charge in [0.2, 0.25) is 0 Å². The van der Waals surface area contributed by atoms with Crippen molar-refractivity contribution in [2.45, 2.75) is 38.7 Å². The molecule has 1 aliphatic carbocycles. The predicted octanol–water partition coefficient (Wildman–Crippen LogP) is 4.04. The predicted molar refractivity (Wildman–Crippen MR) is 63.7 cm³/mol. The molecule has 1 N–H and O–H groups in total. The van der Waals surface area contributed by atoms with E-state index in [0.29, 0.717) is 0 Å². The molecule has 14 heavy (non-hydrogen) atoms. The van der Waals surface area contributed by atoms with Crippen LogP contribution < -0.4 is 0 Å². The first kappa shape index (κ1) is 10.7. The second-order valence-corrected chi connectivity index (χ2v) is 6.54. The fraction of sp³-hybridized carbons (Fsp3) is 0.636. The van der Waals surface area contributed by atoms with E-state index in [4.69, 9.17) is 0 Å². The molecule has 0 spiro atoms. The number of thiophene rings is 1. The molecule has 1 aromatic rings. The van der Waals surface area contributed by atoms with Crippen molar-refractivity contribution in [3.63, 3.8) is 0 Å². The highest BCUT2D eigenvalue weighted by atomic mass is 79.9. The summed E-state index contributed by atoms with van der Waals surface area (Å²) in [5.74, 6) is 0.911. The molecule has 0 bridgehead atoms. The Hall–Kier alpha value is 0.140. The zero-order chi connectivity index (χ0) is 10.1. The van der Waals surface area contributed by atoms with Crippen LogP contribution >= 0.6 is 27.3 Å². The highest BCUT2D eigenvalue weighted by molar-refractivity contribution is 9.11. The van der Waals surface area contributed by atoms with Gasteiger partial charge in [0.05, 0.1) is 9.89 Å². The van der Waals surface area contributed by atoms with Crippen molar-refractivity contribution >= 4 is 27.3 Å². The van der Waals surface area contributed by atoms with Crippen LogP contribution in [0.15, 0.2) is 9.85 Å². The second kappa shape index (κ2) is 4.33. The molecule has 1 saturated carbocycles. The highest BCUT2D eigenvalue weighted by Gasteiger charge is 2.23. The Labute approximate surface area is 97.3 Å². The van der Waals surface area contributed by atoms with Crippen LogP contribution in [0.5, 0.6) is 0 Å². The fourth-order valence-electron chi connectivity index (χ4n) is 1.59. The third kappa shape index (κ3) is 2.59. The van der Waals surface area contributed by atoms with E-state index in [1.807, 2.05) is 0 Å². The molecular weight excluding hydrogens is 260 g/mol. The summed E-state index contributed by atoms with van der Waals surface area (Å²) in [6.45, 7) is 2.07. The van der Waals surface area contributed by atoms with Gasteiger partial charge in [-0.25, -0.2) is 0 Å². The van der Waals surface area contributed by atoms with Gasteiger partial charge in [-0.15, -0.1) is 11.3 Å². The Morgan fingerprint density at radius 3 is 2.86 bits per heavy atom. The van der Waals surface area contributed by atoms with Crippen molar-refractivity contribution in [2.24, 2.45) is 5.92 Å². The molecule has 78 valence electrons. The largest absolute Gasteiger partial charge is 0.388 e. The maximum absolute atomic E-state index is 9.92. The van der Waals surface area contributed by atoms with E-state index in [1.165, 1.54) is 24.8 Å². The molecule has 1 nitrogen and oxygen atoms in total. The lowest BCUT2D eigenvalue weighted by Crippen LogP contribution is -1.94. The molecule has 0 radical (unpaired) electrons. The molecule has 0 aromatic carbocycles. The van der Waals surface area contributed by atoms with E-state index in [1.54, 1.807) is 11.3 Å². The lowest BCUT2D eigenvalue weighted by Gasteiger charge is -2.06. The summed E-state index contributed by atoms with van der Waals surface area (Å²) in [5, 5.41) is 9.92. The van der Waals surface area contributed by atoms with E-state index in [0.717, 1.165) is 21.0 Å². The molecule has 1 aromatic heterocycles. The fourth-order valence-corrected chi connectivity index (χ4v) is 3.18.